The van der Waals surface area contributed by atoms with E-state index in [1.54, 1.807) is 49.5 Å². The molecule has 9 heteroatoms. The van der Waals surface area contributed by atoms with Gasteiger partial charge in [-0.15, -0.1) is 0 Å². The number of halogens is 1. The molecule has 1 heterocycles. The van der Waals surface area contributed by atoms with E-state index in [0.29, 0.717) is 33.5 Å². The second-order valence-corrected chi connectivity index (χ2v) is 8.74. The van der Waals surface area contributed by atoms with Crippen molar-refractivity contribution in [2.24, 2.45) is 5.14 Å². The van der Waals surface area contributed by atoms with Crippen LogP contribution in [0.1, 0.15) is 18.1 Å². The molecule has 0 bridgehead atoms. The van der Waals surface area contributed by atoms with Crippen molar-refractivity contribution in [1.82, 2.24) is 9.97 Å². The number of aliphatic hydroxyl groups excluding tert-OH is 1. The van der Waals surface area contributed by atoms with Crippen molar-refractivity contribution in [3.63, 3.8) is 0 Å². The average Bonchev–Trinajstić information content (AvgIpc) is 2.74. The highest BCUT2D eigenvalue weighted by atomic mass is 32.2. The molecule has 1 aromatic heterocycles. The predicted octanol–water partition coefficient (Wildman–Crippen LogP) is 2.50. The van der Waals surface area contributed by atoms with Crippen molar-refractivity contribution >= 4 is 33.0 Å². The van der Waals surface area contributed by atoms with Crippen LogP contribution >= 0.6 is 0 Å². The fourth-order valence-electron chi connectivity index (χ4n) is 2.49. The maximum Gasteiger partial charge on any atom is 0.229 e. The maximum atomic E-state index is 13.1. The Morgan fingerprint density at radius 2 is 1.87 bits per heavy atom. The van der Waals surface area contributed by atoms with Crippen LogP contribution in [0.15, 0.2) is 59.6 Å². The van der Waals surface area contributed by atoms with E-state index < -0.39 is 9.71 Å². The van der Waals surface area contributed by atoms with E-state index >= 15 is 0 Å². The number of aliphatic hydroxyl groups is 1. The Morgan fingerprint density at radius 3 is 2.48 bits per heavy atom. The summed E-state index contributed by atoms with van der Waals surface area (Å²) in [5.74, 6) is 9.78. The molecule has 3 rings (SSSR count). The van der Waals surface area contributed by atoms with Crippen LogP contribution in [0.2, 0.25) is 0 Å². The van der Waals surface area contributed by atoms with E-state index in [-0.39, 0.29) is 18.5 Å². The van der Waals surface area contributed by atoms with Gasteiger partial charge in [0.1, 0.15) is 11.6 Å². The quantitative estimate of drug-likeness (QED) is 0.347. The number of nitrogens with one attached hydrogen (secondary N) is 2. The molecule has 3 aromatic rings. The van der Waals surface area contributed by atoms with E-state index in [2.05, 4.69) is 38.3 Å². The molecule has 7 nitrogen and oxygen atoms in total. The fraction of sp³-hybridized carbons (Fsp3) is 0.136. The van der Waals surface area contributed by atoms with Gasteiger partial charge < -0.3 is 15.7 Å². The van der Waals surface area contributed by atoms with Gasteiger partial charge in [0.2, 0.25) is 5.95 Å². The van der Waals surface area contributed by atoms with Gasteiger partial charge in [-0.2, -0.15) is 4.98 Å². The third kappa shape index (κ3) is 6.26. The van der Waals surface area contributed by atoms with E-state index in [1.807, 2.05) is 0 Å². The second-order valence-electron chi connectivity index (χ2n) is 6.82. The van der Waals surface area contributed by atoms with Gasteiger partial charge in [-0.3, -0.25) is 5.14 Å². The Kier molecular flexibility index (Phi) is 6.87. The molecule has 0 spiro atoms. The minimum Gasteiger partial charge on any atom is -0.394 e. The van der Waals surface area contributed by atoms with Crippen molar-refractivity contribution in [2.45, 2.75) is 17.9 Å². The molecule has 31 heavy (non-hydrogen) atoms. The van der Waals surface area contributed by atoms with Crippen LogP contribution in [0.25, 0.3) is 0 Å². The van der Waals surface area contributed by atoms with E-state index in [0.717, 1.165) is 0 Å². The molecule has 0 saturated carbocycles. The lowest BCUT2D eigenvalue weighted by molar-refractivity contribution is 0.281. The highest BCUT2D eigenvalue weighted by Gasteiger charge is 2.10. The molecule has 2 atom stereocenters. The first-order valence-corrected chi connectivity index (χ1v) is 11.1. The number of hydrogen-bond acceptors (Lipinski definition) is 6. The summed E-state index contributed by atoms with van der Waals surface area (Å²) in [6.07, 6.45) is 1.55. The zero-order valence-electron chi connectivity index (χ0n) is 16.8. The van der Waals surface area contributed by atoms with Gasteiger partial charge in [0.05, 0.1) is 28.1 Å². The molecule has 0 saturated heterocycles. The molecule has 0 fully saturated rings. The number of hydrogen-bond donors (Lipinski definition) is 4. The Morgan fingerprint density at radius 1 is 1.19 bits per heavy atom. The molecule has 1 unspecified atom stereocenters. The molecule has 5 N–H and O–H groups in total. The Balaban J connectivity index is 1.87. The van der Waals surface area contributed by atoms with Gasteiger partial charge in [-0.25, -0.2) is 13.6 Å². The Labute approximate surface area is 180 Å². The zero-order chi connectivity index (χ0) is 22.4. The second kappa shape index (κ2) is 9.57. The van der Waals surface area contributed by atoms with Crippen LogP contribution < -0.4 is 15.8 Å². The minimum atomic E-state index is -2.78. The van der Waals surface area contributed by atoms with Gasteiger partial charge >= 0.3 is 0 Å². The smallest absolute Gasteiger partial charge is 0.229 e. The normalized spacial score (nSPS) is 13.4. The summed E-state index contributed by atoms with van der Waals surface area (Å²) < 4.78 is 24.9. The predicted molar refractivity (Wildman–Crippen MR) is 122 cm³/mol. The monoisotopic (exact) mass is 439 g/mol. The molecule has 2 aromatic carbocycles. The molecule has 0 amide bonds. The van der Waals surface area contributed by atoms with E-state index in [4.69, 9.17) is 5.14 Å². The lowest BCUT2D eigenvalue weighted by Gasteiger charge is -2.14. The highest BCUT2D eigenvalue weighted by molar-refractivity contribution is 7.98. The number of benzene rings is 2. The molecule has 0 aliphatic rings. The summed E-state index contributed by atoms with van der Waals surface area (Å²) in [6.45, 7) is 1.71. The van der Waals surface area contributed by atoms with Gasteiger partial charge in [0, 0.05) is 22.2 Å². The minimum absolute atomic E-state index is 0.0948. The third-order valence-electron chi connectivity index (χ3n) is 4.14. The van der Waals surface area contributed by atoms with Gasteiger partial charge in [-0.05, 0) is 61.3 Å². The van der Waals surface area contributed by atoms with Crippen molar-refractivity contribution < 1.29 is 13.7 Å². The molecular formula is C22H22FN5O2S. The van der Waals surface area contributed by atoms with Crippen LogP contribution in [0.5, 0.6) is 0 Å². The summed E-state index contributed by atoms with van der Waals surface area (Å²) in [5, 5.41) is 21.1. The Hall–Kier alpha value is -3.45. The fourth-order valence-corrected chi connectivity index (χ4v) is 3.09. The van der Waals surface area contributed by atoms with E-state index in [1.165, 1.54) is 12.1 Å². The highest BCUT2D eigenvalue weighted by Crippen LogP contribution is 2.19. The van der Waals surface area contributed by atoms with Gasteiger partial charge in [0.25, 0.3) is 0 Å². The van der Waals surface area contributed by atoms with Crippen LogP contribution in [0.3, 0.4) is 0 Å². The molecule has 0 aliphatic carbocycles. The lowest BCUT2D eigenvalue weighted by Crippen LogP contribution is -2.21. The molecular weight excluding hydrogens is 417 g/mol. The van der Waals surface area contributed by atoms with Crippen molar-refractivity contribution in [1.29, 1.82) is 0 Å². The number of aromatic nitrogens is 2. The van der Waals surface area contributed by atoms with E-state index in [9.17, 15) is 13.7 Å². The van der Waals surface area contributed by atoms with Crippen molar-refractivity contribution in [3.8, 4) is 11.8 Å². The summed E-state index contributed by atoms with van der Waals surface area (Å²) >= 11 is 0. The number of anilines is 3. The first kappa shape index (κ1) is 22.2. The maximum absolute atomic E-state index is 13.1. The van der Waals surface area contributed by atoms with Gasteiger partial charge in [-0.1, -0.05) is 11.8 Å². The van der Waals surface area contributed by atoms with Crippen LogP contribution in [-0.4, -0.2) is 37.8 Å². The zero-order valence-corrected chi connectivity index (χ0v) is 17.6. The average molecular weight is 440 g/mol. The molecule has 160 valence electrons. The Bertz CT molecular complexity index is 1220. The SMILES string of the molecule is C=S(N)(=O)c1ccc(Nc2ncc(C#Cc3ccc(F)cc3)c(N[C@H](C)CO)n2)cc1. The molecule has 0 radical (unpaired) electrons. The summed E-state index contributed by atoms with van der Waals surface area (Å²) in [6, 6.07) is 12.2. The lowest BCUT2D eigenvalue weighted by atomic mass is 10.2. The number of nitrogens with two attached hydrogens (primary N) is 1. The standard InChI is InChI=1S/C22H22FN5O2S/c1-15(14-29)26-21-17(6-3-16-4-7-18(23)8-5-16)13-25-22(28-21)27-19-9-11-20(12-10-19)31(2,24)30/h4-5,7-13,15,29H,2,14H2,1H3,(H2,24,30)(H2,25,26,27,28)/t15-,31?/m1/s1. The third-order valence-corrected chi connectivity index (χ3v) is 5.21. The first-order chi connectivity index (χ1) is 14.7. The van der Waals surface area contributed by atoms with Gasteiger partial charge in [0.15, 0.2) is 0 Å². The number of nitrogens with zero attached hydrogens (tertiary/aromatic N) is 2. The van der Waals surface area contributed by atoms with Crippen molar-refractivity contribution in [2.75, 3.05) is 17.2 Å². The summed E-state index contributed by atoms with van der Waals surface area (Å²) in [5.41, 5.74) is 1.83. The topological polar surface area (TPSA) is 113 Å². The van der Waals surface area contributed by atoms with Crippen LogP contribution in [0, 0.1) is 17.7 Å². The largest absolute Gasteiger partial charge is 0.394 e. The summed E-state index contributed by atoms with van der Waals surface area (Å²) in [4.78, 5) is 9.17. The first-order valence-electron chi connectivity index (χ1n) is 9.29. The van der Waals surface area contributed by atoms with Crippen LogP contribution in [0.4, 0.5) is 21.8 Å². The number of rotatable bonds is 6. The molecule has 0 aliphatic heterocycles. The van der Waals surface area contributed by atoms with Crippen LogP contribution in [-0.2, 0) is 9.71 Å². The summed E-state index contributed by atoms with van der Waals surface area (Å²) in [7, 11) is -2.78. The van der Waals surface area contributed by atoms with Crippen molar-refractivity contribution in [3.05, 3.63) is 71.7 Å².